The van der Waals surface area contributed by atoms with Crippen LogP contribution in [-0.4, -0.2) is 28.7 Å². The van der Waals surface area contributed by atoms with E-state index in [9.17, 15) is 27.9 Å². The lowest BCUT2D eigenvalue weighted by molar-refractivity contribution is -0.194. The molecule has 1 saturated carbocycles. The predicted molar refractivity (Wildman–Crippen MR) is 121 cm³/mol. The molecule has 0 radical (unpaired) electrons. The molecule has 3 unspecified atom stereocenters. The lowest BCUT2D eigenvalue weighted by atomic mass is 9.69. The molecule has 1 aliphatic rings. The number of carbonyl (C=O) groups is 2. The molecule has 8 heteroatoms. The normalized spacial score (nSPS) is 23.2. The number of carboxylic acids is 1. The molecule has 4 nitrogen and oxygen atoms in total. The van der Waals surface area contributed by atoms with Crippen LogP contribution in [0, 0.1) is 25.7 Å². The summed E-state index contributed by atoms with van der Waals surface area (Å²) in [4.78, 5) is 25.0. The van der Waals surface area contributed by atoms with E-state index in [4.69, 9.17) is 11.6 Å². The van der Waals surface area contributed by atoms with E-state index in [1.807, 2.05) is 38.1 Å². The van der Waals surface area contributed by atoms with Crippen LogP contribution in [0.5, 0.6) is 0 Å². The van der Waals surface area contributed by atoms with Gasteiger partial charge in [0, 0.05) is 5.02 Å². The minimum absolute atomic E-state index is 0.0723. The van der Waals surface area contributed by atoms with Crippen LogP contribution in [0.25, 0.3) is 11.1 Å². The molecular formula is C25H27ClF3NO3. The van der Waals surface area contributed by atoms with E-state index < -0.39 is 35.4 Å². The second kappa shape index (κ2) is 9.37. The lowest BCUT2D eigenvalue weighted by Gasteiger charge is -2.43. The maximum Gasteiger partial charge on any atom is 0.391 e. The number of rotatable bonds is 5. The van der Waals surface area contributed by atoms with Crippen LogP contribution in [0.2, 0.25) is 5.02 Å². The third-order valence-electron chi connectivity index (χ3n) is 6.76. The van der Waals surface area contributed by atoms with Crippen LogP contribution in [0.4, 0.5) is 13.2 Å². The van der Waals surface area contributed by atoms with Crippen molar-refractivity contribution < 1.29 is 27.9 Å². The van der Waals surface area contributed by atoms with E-state index in [2.05, 4.69) is 5.32 Å². The monoisotopic (exact) mass is 481 g/mol. The molecule has 178 valence electrons. The Morgan fingerprint density at radius 3 is 2.33 bits per heavy atom. The number of nitrogens with one attached hydrogen (secondary N) is 1. The summed E-state index contributed by atoms with van der Waals surface area (Å²) in [6, 6.07) is 11.2. The van der Waals surface area contributed by atoms with Crippen molar-refractivity contribution in [2.24, 2.45) is 11.8 Å². The van der Waals surface area contributed by atoms with E-state index in [-0.39, 0.29) is 25.7 Å². The Bertz CT molecular complexity index is 1050. The Labute approximate surface area is 196 Å². The van der Waals surface area contributed by atoms with Crippen LogP contribution in [0.3, 0.4) is 0 Å². The van der Waals surface area contributed by atoms with Crippen LogP contribution < -0.4 is 5.32 Å². The highest BCUT2D eigenvalue weighted by molar-refractivity contribution is 6.30. The molecule has 1 aliphatic carbocycles. The number of alkyl halides is 3. The fourth-order valence-corrected chi connectivity index (χ4v) is 4.87. The zero-order valence-electron chi connectivity index (χ0n) is 18.7. The molecule has 2 aromatic carbocycles. The summed E-state index contributed by atoms with van der Waals surface area (Å²) in [5.74, 6) is -4.24. The number of hydrogen-bond acceptors (Lipinski definition) is 2. The Balaban J connectivity index is 1.82. The lowest BCUT2D eigenvalue weighted by Crippen LogP contribution is -2.61. The molecule has 3 rings (SSSR count). The van der Waals surface area contributed by atoms with Gasteiger partial charge in [-0.2, -0.15) is 13.2 Å². The highest BCUT2D eigenvalue weighted by Crippen LogP contribution is 2.44. The number of hydrogen-bond donors (Lipinski definition) is 2. The van der Waals surface area contributed by atoms with E-state index in [0.29, 0.717) is 5.02 Å². The Morgan fingerprint density at radius 2 is 1.79 bits per heavy atom. The zero-order valence-corrected chi connectivity index (χ0v) is 19.5. The van der Waals surface area contributed by atoms with Gasteiger partial charge in [-0.1, -0.05) is 42.8 Å². The molecular weight excluding hydrogens is 455 g/mol. The Kier molecular flexibility index (Phi) is 7.13. The van der Waals surface area contributed by atoms with Gasteiger partial charge in [-0.05, 0) is 79.0 Å². The van der Waals surface area contributed by atoms with Crippen molar-refractivity contribution in [3.8, 4) is 11.1 Å². The van der Waals surface area contributed by atoms with Gasteiger partial charge >= 0.3 is 12.1 Å². The fourth-order valence-electron chi connectivity index (χ4n) is 4.74. The standard InChI is InChI=1S/C25H27ClF3NO3/c1-14-10-15(2)21(17-4-6-20(26)7-5-17)12-18(14)13-22(31)30-24(23(32)33)9-8-19(11-16(24)3)25(27,28)29/h4-7,10,12,16,19H,8-9,11,13H2,1-3H3,(H,30,31)(H,32,33). The minimum atomic E-state index is -4.37. The first-order valence-corrected chi connectivity index (χ1v) is 11.2. The van der Waals surface area contributed by atoms with Crippen molar-refractivity contribution in [1.82, 2.24) is 5.32 Å². The molecule has 0 bridgehead atoms. The van der Waals surface area contributed by atoms with E-state index in [1.54, 1.807) is 12.1 Å². The van der Waals surface area contributed by atoms with Crippen molar-refractivity contribution in [1.29, 1.82) is 0 Å². The first-order valence-electron chi connectivity index (χ1n) is 10.8. The van der Waals surface area contributed by atoms with Gasteiger partial charge in [0.2, 0.25) is 5.91 Å². The summed E-state index contributed by atoms with van der Waals surface area (Å²) in [6.45, 7) is 5.29. The molecule has 3 atom stereocenters. The quantitative estimate of drug-likeness (QED) is 0.542. The first-order chi connectivity index (χ1) is 15.3. The van der Waals surface area contributed by atoms with Gasteiger partial charge in [0.25, 0.3) is 0 Å². The average molecular weight is 482 g/mol. The summed E-state index contributed by atoms with van der Waals surface area (Å²) in [7, 11) is 0. The van der Waals surface area contributed by atoms with E-state index in [1.165, 1.54) is 6.92 Å². The van der Waals surface area contributed by atoms with E-state index in [0.717, 1.165) is 27.8 Å². The molecule has 0 spiro atoms. The van der Waals surface area contributed by atoms with Gasteiger partial charge in [0.15, 0.2) is 0 Å². The maximum absolute atomic E-state index is 13.2. The van der Waals surface area contributed by atoms with Crippen molar-refractivity contribution in [3.63, 3.8) is 0 Å². The predicted octanol–water partition coefficient (Wildman–Crippen LogP) is 6.10. The molecule has 1 amide bonds. The van der Waals surface area contributed by atoms with Crippen LogP contribution in [0.15, 0.2) is 36.4 Å². The third-order valence-corrected chi connectivity index (χ3v) is 7.01. The maximum atomic E-state index is 13.2. The topological polar surface area (TPSA) is 66.4 Å². The molecule has 33 heavy (non-hydrogen) atoms. The summed E-state index contributed by atoms with van der Waals surface area (Å²) >= 11 is 5.98. The van der Waals surface area contributed by atoms with Crippen LogP contribution in [0.1, 0.15) is 42.9 Å². The molecule has 0 aliphatic heterocycles. The highest BCUT2D eigenvalue weighted by Gasteiger charge is 2.53. The first kappa shape index (κ1) is 25.1. The summed E-state index contributed by atoms with van der Waals surface area (Å²) in [5, 5.41) is 13.1. The van der Waals surface area contributed by atoms with Gasteiger partial charge in [-0.15, -0.1) is 0 Å². The van der Waals surface area contributed by atoms with Crippen molar-refractivity contribution >= 4 is 23.5 Å². The highest BCUT2D eigenvalue weighted by atomic mass is 35.5. The molecule has 2 aromatic rings. The summed E-state index contributed by atoms with van der Waals surface area (Å²) in [5.41, 5.74) is 2.75. The van der Waals surface area contributed by atoms with Gasteiger partial charge in [-0.25, -0.2) is 4.79 Å². The Hall–Kier alpha value is -2.54. The third kappa shape index (κ3) is 5.35. The SMILES string of the molecule is Cc1cc(C)c(-c2ccc(Cl)cc2)cc1CC(=O)NC1(C(=O)O)CCC(C(F)(F)F)CC1C. The van der Waals surface area contributed by atoms with Gasteiger partial charge in [0.1, 0.15) is 5.54 Å². The van der Waals surface area contributed by atoms with Crippen molar-refractivity contribution in [3.05, 3.63) is 58.1 Å². The van der Waals surface area contributed by atoms with Gasteiger partial charge in [0.05, 0.1) is 12.3 Å². The number of carboxylic acid groups (broad SMARTS) is 1. The van der Waals surface area contributed by atoms with Crippen molar-refractivity contribution in [2.75, 3.05) is 0 Å². The largest absolute Gasteiger partial charge is 0.479 e. The number of aliphatic carboxylic acids is 1. The summed E-state index contributed by atoms with van der Waals surface area (Å²) in [6.07, 6.45) is -5.37. The van der Waals surface area contributed by atoms with Gasteiger partial charge in [-0.3, -0.25) is 4.79 Å². The summed E-state index contributed by atoms with van der Waals surface area (Å²) < 4.78 is 39.5. The van der Waals surface area contributed by atoms with Gasteiger partial charge < -0.3 is 10.4 Å². The number of carbonyl (C=O) groups excluding carboxylic acids is 1. The smallest absolute Gasteiger partial charge is 0.391 e. The molecule has 1 fully saturated rings. The zero-order chi connectivity index (χ0) is 24.6. The fraction of sp³-hybridized carbons (Fsp3) is 0.440. The van der Waals surface area contributed by atoms with Crippen LogP contribution in [-0.2, 0) is 16.0 Å². The Morgan fingerprint density at radius 1 is 1.15 bits per heavy atom. The van der Waals surface area contributed by atoms with E-state index >= 15 is 0 Å². The second-order valence-corrected chi connectivity index (χ2v) is 9.45. The second-order valence-electron chi connectivity index (χ2n) is 9.02. The van der Waals surface area contributed by atoms with Crippen molar-refractivity contribution in [2.45, 2.75) is 58.2 Å². The molecule has 0 saturated heterocycles. The number of benzene rings is 2. The molecule has 0 heterocycles. The molecule has 2 N–H and O–H groups in total. The van der Waals surface area contributed by atoms with Crippen LogP contribution >= 0.6 is 11.6 Å². The number of halogens is 4. The molecule has 0 aromatic heterocycles. The number of amides is 1. The average Bonchev–Trinajstić information content (AvgIpc) is 2.71. The minimum Gasteiger partial charge on any atom is -0.479 e. The number of aryl methyl sites for hydroxylation is 2.